The van der Waals surface area contributed by atoms with Gasteiger partial charge >= 0.3 is 0 Å². The number of nitrogens with one attached hydrogen (secondary N) is 1. The van der Waals surface area contributed by atoms with E-state index in [2.05, 4.69) is 38.3 Å². The maximum Gasteiger partial charge on any atom is 0.193 e. The van der Waals surface area contributed by atoms with Gasteiger partial charge < -0.3 is 20.2 Å². The minimum Gasteiger partial charge on any atom is -0.506 e. The first kappa shape index (κ1) is 21.3. The van der Waals surface area contributed by atoms with Gasteiger partial charge in [-0.1, -0.05) is 12.1 Å². The average Bonchev–Trinajstić information content (AvgIpc) is 3.08. The first-order valence-corrected chi connectivity index (χ1v) is 9.15. The Labute approximate surface area is 178 Å². The van der Waals surface area contributed by atoms with Gasteiger partial charge in [-0.15, -0.1) is 24.0 Å². The molecule has 27 heavy (non-hydrogen) atoms. The molecule has 0 saturated carbocycles. The molecule has 0 aliphatic carbocycles. The van der Waals surface area contributed by atoms with Crippen LogP contribution in [0.5, 0.6) is 5.75 Å². The summed E-state index contributed by atoms with van der Waals surface area (Å²) in [6, 6.07) is 7.52. The molecule has 2 aromatic rings. The number of aryl methyl sites for hydroxylation is 2. The van der Waals surface area contributed by atoms with Crippen molar-refractivity contribution in [2.45, 2.75) is 19.9 Å². The summed E-state index contributed by atoms with van der Waals surface area (Å²) in [5.74, 6) is 1.29. The number of para-hydroxylation sites is 2. The van der Waals surface area contributed by atoms with Gasteiger partial charge in [-0.25, -0.2) is 0 Å². The second-order valence-corrected chi connectivity index (χ2v) is 6.57. The number of hydrogen-bond acceptors (Lipinski definition) is 4. The number of phenols is 1. The van der Waals surface area contributed by atoms with Gasteiger partial charge in [0.05, 0.1) is 11.9 Å². The summed E-state index contributed by atoms with van der Waals surface area (Å²) in [6.07, 6.45) is 4.95. The summed E-state index contributed by atoms with van der Waals surface area (Å²) in [4.78, 5) is 8.91. The van der Waals surface area contributed by atoms with Crippen LogP contribution in [0.1, 0.15) is 12.0 Å². The largest absolute Gasteiger partial charge is 0.506 e. The van der Waals surface area contributed by atoms with Gasteiger partial charge in [0.2, 0.25) is 0 Å². The molecule has 2 N–H and O–H groups in total. The normalized spacial score (nSPS) is 14.8. The Hall–Kier alpha value is -1.97. The second kappa shape index (κ2) is 10.4. The number of aliphatic imine (C=N–C) groups is 1. The molecule has 1 aromatic carbocycles. The molecule has 0 unspecified atom stereocenters. The van der Waals surface area contributed by atoms with E-state index >= 15 is 0 Å². The lowest BCUT2D eigenvalue weighted by Crippen LogP contribution is -2.52. The van der Waals surface area contributed by atoms with E-state index in [1.807, 2.05) is 36.1 Å². The van der Waals surface area contributed by atoms with Gasteiger partial charge in [0.1, 0.15) is 5.75 Å². The maximum absolute atomic E-state index is 10.0. The predicted molar refractivity (Wildman–Crippen MR) is 120 cm³/mol. The van der Waals surface area contributed by atoms with E-state index in [1.165, 1.54) is 5.56 Å². The highest BCUT2D eigenvalue weighted by Crippen LogP contribution is 2.27. The van der Waals surface area contributed by atoms with E-state index < -0.39 is 0 Å². The number of hydrogen-bond donors (Lipinski definition) is 2. The molecule has 1 saturated heterocycles. The molecular weight excluding hydrogens is 455 g/mol. The van der Waals surface area contributed by atoms with Crippen LogP contribution in [0.3, 0.4) is 0 Å². The summed E-state index contributed by atoms with van der Waals surface area (Å²) in [7, 11) is 1.83. The molecule has 2 heterocycles. The first-order chi connectivity index (χ1) is 12.7. The van der Waals surface area contributed by atoms with E-state index in [4.69, 9.17) is 0 Å². The lowest BCUT2D eigenvalue weighted by atomic mass is 10.2. The number of halogens is 1. The standard InChI is InChI=1S/C19H28N6O.HI/c1-16-14-22-25(15-16)9-5-8-21-19(20-2)24-12-10-23(11-13-24)17-6-3-4-7-18(17)26;/h3-4,6-7,14-15,26H,5,8-13H2,1-2H3,(H,20,21);1H. The van der Waals surface area contributed by atoms with Gasteiger partial charge in [-0.05, 0) is 31.0 Å². The van der Waals surface area contributed by atoms with E-state index in [0.717, 1.165) is 57.3 Å². The molecule has 0 spiro atoms. The highest BCUT2D eigenvalue weighted by Gasteiger charge is 2.21. The van der Waals surface area contributed by atoms with Crippen LogP contribution < -0.4 is 10.2 Å². The fourth-order valence-corrected chi connectivity index (χ4v) is 3.25. The van der Waals surface area contributed by atoms with Crippen molar-refractivity contribution in [3.63, 3.8) is 0 Å². The molecule has 0 radical (unpaired) electrons. The number of guanidine groups is 1. The summed E-state index contributed by atoms with van der Waals surface area (Å²) < 4.78 is 1.98. The Morgan fingerprint density at radius 1 is 1.22 bits per heavy atom. The molecular formula is C19H29IN6O. The van der Waals surface area contributed by atoms with Crippen molar-refractivity contribution in [2.24, 2.45) is 4.99 Å². The molecule has 1 aliphatic rings. The molecule has 0 bridgehead atoms. The van der Waals surface area contributed by atoms with Gasteiger partial charge in [-0.3, -0.25) is 9.67 Å². The van der Waals surface area contributed by atoms with Crippen LogP contribution in [0, 0.1) is 6.92 Å². The zero-order chi connectivity index (χ0) is 18.4. The summed E-state index contributed by atoms with van der Waals surface area (Å²) >= 11 is 0. The Bertz CT molecular complexity index is 739. The molecule has 8 heteroatoms. The second-order valence-electron chi connectivity index (χ2n) is 6.57. The van der Waals surface area contributed by atoms with Crippen molar-refractivity contribution in [2.75, 3.05) is 44.7 Å². The Kier molecular flexibility index (Phi) is 8.21. The van der Waals surface area contributed by atoms with Gasteiger partial charge in [0.15, 0.2) is 5.96 Å². The van der Waals surface area contributed by atoms with Crippen LogP contribution in [0.25, 0.3) is 0 Å². The maximum atomic E-state index is 10.0. The van der Waals surface area contributed by atoms with Gasteiger partial charge in [0, 0.05) is 52.5 Å². The van der Waals surface area contributed by atoms with Crippen LogP contribution in [0.2, 0.25) is 0 Å². The number of rotatable bonds is 5. The smallest absolute Gasteiger partial charge is 0.193 e. The third kappa shape index (κ3) is 5.75. The minimum absolute atomic E-state index is 0. The fourth-order valence-electron chi connectivity index (χ4n) is 3.25. The number of aromatic hydroxyl groups is 1. The fraction of sp³-hybridized carbons (Fsp3) is 0.474. The lowest BCUT2D eigenvalue weighted by Gasteiger charge is -2.37. The van der Waals surface area contributed by atoms with Gasteiger partial charge in [0.25, 0.3) is 0 Å². The van der Waals surface area contributed by atoms with Crippen molar-refractivity contribution < 1.29 is 5.11 Å². The third-order valence-corrected chi connectivity index (χ3v) is 4.62. The SMILES string of the molecule is CN=C(NCCCn1cc(C)cn1)N1CCN(c2ccccc2O)CC1.I. The van der Waals surface area contributed by atoms with Crippen molar-refractivity contribution in [3.05, 3.63) is 42.2 Å². The van der Waals surface area contributed by atoms with E-state index in [1.54, 1.807) is 6.07 Å². The van der Waals surface area contributed by atoms with Crippen LogP contribution in [-0.4, -0.2) is 65.5 Å². The average molecular weight is 484 g/mol. The first-order valence-electron chi connectivity index (χ1n) is 9.15. The molecule has 1 fully saturated rings. The predicted octanol–water partition coefficient (Wildman–Crippen LogP) is 2.30. The Morgan fingerprint density at radius 3 is 2.59 bits per heavy atom. The summed E-state index contributed by atoms with van der Waals surface area (Å²) in [5.41, 5.74) is 2.10. The zero-order valence-corrected chi connectivity index (χ0v) is 18.3. The van der Waals surface area contributed by atoms with Crippen LogP contribution >= 0.6 is 24.0 Å². The highest BCUT2D eigenvalue weighted by atomic mass is 127. The van der Waals surface area contributed by atoms with Crippen molar-refractivity contribution in [3.8, 4) is 5.75 Å². The van der Waals surface area contributed by atoms with E-state index in [-0.39, 0.29) is 24.0 Å². The van der Waals surface area contributed by atoms with Crippen LogP contribution in [0.15, 0.2) is 41.7 Å². The topological polar surface area (TPSA) is 68.9 Å². The molecule has 0 amide bonds. The Balaban J connectivity index is 0.00000261. The third-order valence-electron chi connectivity index (χ3n) is 4.62. The van der Waals surface area contributed by atoms with Crippen molar-refractivity contribution in [1.29, 1.82) is 0 Å². The molecule has 0 atom stereocenters. The molecule has 1 aliphatic heterocycles. The molecule has 1 aromatic heterocycles. The number of piperazine rings is 1. The Morgan fingerprint density at radius 2 is 1.96 bits per heavy atom. The lowest BCUT2D eigenvalue weighted by molar-refractivity contribution is 0.369. The monoisotopic (exact) mass is 484 g/mol. The quantitative estimate of drug-likeness (QED) is 0.295. The van der Waals surface area contributed by atoms with E-state index in [0.29, 0.717) is 5.75 Å². The molecule has 3 rings (SSSR count). The highest BCUT2D eigenvalue weighted by molar-refractivity contribution is 14.0. The number of anilines is 1. The zero-order valence-electron chi connectivity index (χ0n) is 16.0. The molecule has 7 nitrogen and oxygen atoms in total. The van der Waals surface area contributed by atoms with Crippen LogP contribution in [-0.2, 0) is 6.54 Å². The van der Waals surface area contributed by atoms with Crippen LogP contribution in [0.4, 0.5) is 5.69 Å². The number of nitrogens with zero attached hydrogens (tertiary/aromatic N) is 5. The number of benzene rings is 1. The van der Waals surface area contributed by atoms with E-state index in [9.17, 15) is 5.11 Å². The summed E-state index contributed by atoms with van der Waals surface area (Å²) in [6.45, 7) is 7.32. The minimum atomic E-state index is 0. The van der Waals surface area contributed by atoms with Crippen molar-refractivity contribution >= 4 is 35.6 Å². The van der Waals surface area contributed by atoms with Gasteiger partial charge in [-0.2, -0.15) is 5.10 Å². The summed E-state index contributed by atoms with van der Waals surface area (Å²) in [5, 5.41) is 17.8. The number of phenolic OH excluding ortho intramolecular Hbond substituents is 1. The molecule has 148 valence electrons. The number of aromatic nitrogens is 2. The van der Waals surface area contributed by atoms with Crippen molar-refractivity contribution in [1.82, 2.24) is 20.0 Å².